The first-order chi connectivity index (χ1) is 13.6. The Morgan fingerprint density at radius 3 is 2.18 bits per heavy atom. The van der Waals surface area contributed by atoms with Crippen molar-refractivity contribution in [3.63, 3.8) is 0 Å². The lowest BCUT2D eigenvalue weighted by Gasteiger charge is -2.28. The van der Waals surface area contributed by atoms with Crippen LogP contribution in [0.2, 0.25) is 0 Å². The van der Waals surface area contributed by atoms with Crippen molar-refractivity contribution in [2.24, 2.45) is 5.10 Å². The van der Waals surface area contributed by atoms with Crippen LogP contribution in [0.1, 0.15) is 22.8 Å². The molecule has 28 heavy (non-hydrogen) atoms. The number of carbonyl (C=O) groups excluding carboxylic acids is 1. The molecule has 1 N–H and O–H groups in total. The molecule has 2 aromatic rings. The van der Waals surface area contributed by atoms with Crippen molar-refractivity contribution < 1.29 is 19.0 Å². The summed E-state index contributed by atoms with van der Waals surface area (Å²) in [6.07, 6.45) is 0. The predicted octanol–water partition coefficient (Wildman–Crippen LogP) is 2.69. The van der Waals surface area contributed by atoms with Gasteiger partial charge < -0.3 is 19.1 Å². The highest BCUT2D eigenvalue weighted by Crippen LogP contribution is 2.22. The van der Waals surface area contributed by atoms with E-state index < -0.39 is 0 Å². The molecule has 0 unspecified atom stereocenters. The highest BCUT2D eigenvalue weighted by molar-refractivity contribution is 6.01. The summed E-state index contributed by atoms with van der Waals surface area (Å²) in [5.41, 5.74) is 5.82. The maximum atomic E-state index is 12.4. The Balaban J connectivity index is 1.67. The Kier molecular flexibility index (Phi) is 6.49. The van der Waals surface area contributed by atoms with Crippen molar-refractivity contribution in [2.45, 2.75) is 6.92 Å². The number of ether oxygens (including phenoxy) is 3. The molecule has 1 saturated heterocycles. The molecule has 2 aromatic carbocycles. The number of rotatable bonds is 6. The topological polar surface area (TPSA) is 72.4 Å². The van der Waals surface area contributed by atoms with E-state index in [-0.39, 0.29) is 5.91 Å². The first-order valence-corrected chi connectivity index (χ1v) is 9.11. The molecule has 0 aromatic heterocycles. The molecule has 0 bridgehead atoms. The zero-order valence-corrected chi connectivity index (χ0v) is 16.4. The predicted molar refractivity (Wildman–Crippen MR) is 109 cm³/mol. The van der Waals surface area contributed by atoms with Crippen LogP contribution in [0.3, 0.4) is 0 Å². The first kappa shape index (κ1) is 19.7. The van der Waals surface area contributed by atoms with Crippen LogP contribution in [0.25, 0.3) is 0 Å². The third-order valence-corrected chi connectivity index (χ3v) is 4.60. The van der Waals surface area contributed by atoms with E-state index in [0.29, 0.717) is 17.1 Å². The molecular formula is C21H25N3O4. The molecule has 1 aliphatic rings. The molecule has 1 heterocycles. The summed E-state index contributed by atoms with van der Waals surface area (Å²) in [6.45, 7) is 5.15. The lowest BCUT2D eigenvalue weighted by molar-refractivity contribution is 0.0954. The number of carbonyl (C=O) groups is 1. The second kappa shape index (κ2) is 9.23. The number of methoxy groups -OCH3 is 2. The van der Waals surface area contributed by atoms with Crippen LogP contribution in [-0.2, 0) is 4.74 Å². The molecule has 0 saturated carbocycles. The van der Waals surface area contributed by atoms with Crippen molar-refractivity contribution in [1.29, 1.82) is 0 Å². The quantitative estimate of drug-likeness (QED) is 0.613. The number of hydrazone groups is 1. The van der Waals surface area contributed by atoms with Crippen LogP contribution in [0.5, 0.6) is 11.5 Å². The molecule has 7 heteroatoms. The van der Waals surface area contributed by atoms with Gasteiger partial charge in [-0.1, -0.05) is 12.1 Å². The second-order valence-electron chi connectivity index (χ2n) is 6.39. The summed E-state index contributed by atoms with van der Waals surface area (Å²) in [5.74, 6) is 0.759. The minimum absolute atomic E-state index is 0.332. The van der Waals surface area contributed by atoms with Gasteiger partial charge in [0, 0.05) is 30.4 Å². The average Bonchev–Trinajstić information content (AvgIpc) is 2.77. The summed E-state index contributed by atoms with van der Waals surface area (Å²) < 4.78 is 15.8. The molecule has 148 valence electrons. The summed E-state index contributed by atoms with van der Waals surface area (Å²) in [7, 11) is 3.08. The van der Waals surface area contributed by atoms with Crippen molar-refractivity contribution in [1.82, 2.24) is 5.43 Å². The highest BCUT2D eigenvalue weighted by atomic mass is 16.5. The van der Waals surface area contributed by atoms with Crippen LogP contribution < -0.4 is 19.8 Å². The number of benzene rings is 2. The van der Waals surface area contributed by atoms with Gasteiger partial charge in [-0.3, -0.25) is 4.79 Å². The molecule has 1 amide bonds. The molecule has 0 aliphatic carbocycles. The number of morpholine rings is 1. The smallest absolute Gasteiger partial charge is 0.271 e. The molecule has 0 radical (unpaired) electrons. The fourth-order valence-corrected chi connectivity index (χ4v) is 2.94. The van der Waals surface area contributed by atoms with E-state index in [9.17, 15) is 4.79 Å². The second-order valence-corrected chi connectivity index (χ2v) is 6.39. The van der Waals surface area contributed by atoms with E-state index in [1.54, 1.807) is 32.4 Å². The van der Waals surface area contributed by atoms with Crippen LogP contribution in [-0.4, -0.2) is 52.1 Å². The maximum absolute atomic E-state index is 12.4. The van der Waals surface area contributed by atoms with Crippen molar-refractivity contribution in [3.05, 3.63) is 53.6 Å². The van der Waals surface area contributed by atoms with Gasteiger partial charge in [0.2, 0.25) is 0 Å². The van der Waals surface area contributed by atoms with Gasteiger partial charge in [0.1, 0.15) is 11.5 Å². The fourth-order valence-electron chi connectivity index (χ4n) is 2.94. The molecule has 3 rings (SSSR count). The van der Waals surface area contributed by atoms with Crippen LogP contribution >= 0.6 is 0 Å². The van der Waals surface area contributed by atoms with E-state index in [1.165, 1.54) is 0 Å². The maximum Gasteiger partial charge on any atom is 0.271 e. The van der Waals surface area contributed by atoms with Gasteiger partial charge in [0.25, 0.3) is 5.91 Å². The van der Waals surface area contributed by atoms with Crippen LogP contribution in [0.15, 0.2) is 47.6 Å². The van der Waals surface area contributed by atoms with Gasteiger partial charge in [-0.2, -0.15) is 5.10 Å². The fraction of sp³-hybridized carbons (Fsp3) is 0.333. The molecule has 1 fully saturated rings. The Labute approximate surface area is 164 Å². The summed E-state index contributed by atoms with van der Waals surface area (Å²) in [4.78, 5) is 14.7. The Bertz CT molecular complexity index is 821. The summed E-state index contributed by atoms with van der Waals surface area (Å²) >= 11 is 0. The number of amides is 1. The minimum Gasteiger partial charge on any atom is -0.497 e. The number of anilines is 1. The number of nitrogens with zero attached hydrogens (tertiary/aromatic N) is 2. The van der Waals surface area contributed by atoms with E-state index in [1.807, 2.05) is 19.1 Å². The normalized spacial score (nSPS) is 14.5. The van der Waals surface area contributed by atoms with Crippen LogP contribution in [0.4, 0.5) is 5.69 Å². The Morgan fingerprint density at radius 1 is 1.00 bits per heavy atom. The number of nitrogens with one attached hydrogen (secondary N) is 1. The van der Waals surface area contributed by atoms with Gasteiger partial charge >= 0.3 is 0 Å². The molecule has 0 spiro atoms. The minimum atomic E-state index is -0.332. The van der Waals surface area contributed by atoms with Gasteiger partial charge in [-0.25, -0.2) is 5.43 Å². The third-order valence-electron chi connectivity index (χ3n) is 4.60. The lowest BCUT2D eigenvalue weighted by atomic mass is 10.1. The van der Waals surface area contributed by atoms with Crippen molar-refractivity contribution in [2.75, 3.05) is 45.4 Å². The number of hydrogen-bond acceptors (Lipinski definition) is 6. The van der Waals surface area contributed by atoms with Gasteiger partial charge in [-0.05, 0) is 36.8 Å². The monoisotopic (exact) mass is 383 g/mol. The molecule has 0 atom stereocenters. The summed E-state index contributed by atoms with van der Waals surface area (Å²) in [6, 6.07) is 13.1. The Morgan fingerprint density at radius 2 is 1.61 bits per heavy atom. The van der Waals surface area contributed by atoms with E-state index in [0.717, 1.165) is 43.3 Å². The lowest BCUT2D eigenvalue weighted by Crippen LogP contribution is -2.36. The van der Waals surface area contributed by atoms with Crippen LogP contribution in [0, 0.1) is 0 Å². The molecular weight excluding hydrogens is 358 g/mol. The van der Waals surface area contributed by atoms with E-state index >= 15 is 0 Å². The largest absolute Gasteiger partial charge is 0.497 e. The van der Waals surface area contributed by atoms with Crippen molar-refractivity contribution >= 4 is 17.3 Å². The van der Waals surface area contributed by atoms with E-state index in [4.69, 9.17) is 14.2 Å². The average molecular weight is 383 g/mol. The summed E-state index contributed by atoms with van der Waals surface area (Å²) in [5, 5.41) is 4.23. The zero-order valence-electron chi connectivity index (χ0n) is 16.4. The first-order valence-electron chi connectivity index (χ1n) is 9.11. The zero-order chi connectivity index (χ0) is 19.9. The van der Waals surface area contributed by atoms with Gasteiger partial charge in [0.05, 0.1) is 33.1 Å². The number of hydrogen-bond donors (Lipinski definition) is 1. The van der Waals surface area contributed by atoms with E-state index in [2.05, 4.69) is 27.6 Å². The highest BCUT2D eigenvalue weighted by Gasteiger charge is 2.12. The third kappa shape index (κ3) is 4.80. The standard InChI is InChI=1S/C21H25N3O4/c1-15(16-4-6-18(7-5-16)24-8-10-28-11-9-24)22-23-21(25)17-12-19(26-2)14-20(13-17)27-3/h4-7,12-14H,8-11H2,1-3H3,(H,23,25)/b22-15+. The SMILES string of the molecule is COc1cc(OC)cc(C(=O)N/N=C(\C)c2ccc(N3CCOCC3)cc2)c1. The molecule has 1 aliphatic heterocycles. The van der Waals surface area contributed by atoms with Crippen molar-refractivity contribution in [3.8, 4) is 11.5 Å². The Hall–Kier alpha value is -3.06. The van der Waals surface area contributed by atoms with Gasteiger partial charge in [0.15, 0.2) is 0 Å². The molecule has 7 nitrogen and oxygen atoms in total. The van der Waals surface area contributed by atoms with Gasteiger partial charge in [-0.15, -0.1) is 0 Å².